The van der Waals surface area contributed by atoms with Crippen LogP contribution in [0.4, 0.5) is 0 Å². The van der Waals surface area contributed by atoms with Crippen LogP contribution >= 0.6 is 27.5 Å². The van der Waals surface area contributed by atoms with Gasteiger partial charge in [-0.1, -0.05) is 17.7 Å². The smallest absolute Gasteiger partial charge is 0.138 e. The molecule has 66 valence electrons. The quantitative estimate of drug-likeness (QED) is 0.846. The summed E-state index contributed by atoms with van der Waals surface area (Å²) in [5.74, 6) is 0.122. The monoisotopic (exact) mass is 249 g/mol. The van der Waals surface area contributed by atoms with Crippen LogP contribution in [0, 0.1) is 0 Å². The fraction of sp³-hybridized carbons (Fsp3) is 0.250. The fourth-order valence-corrected chi connectivity index (χ4v) is 1.44. The second-order valence-corrected chi connectivity index (χ2v) is 3.64. The summed E-state index contributed by atoms with van der Waals surface area (Å²) in [6.07, 6.45) is 0.638. The number of nitrogens with two attached hydrogens (primary N) is 1. The highest BCUT2D eigenvalue weighted by atomic mass is 79.9. The minimum absolute atomic E-state index is 0.122. The molecule has 0 aromatic heterocycles. The standard InChI is InChI=1S/C8H9BrClNO/c9-6-2-1-5(3-4-11)8(12)7(6)10/h1-2,12H,3-4,11H2. The van der Waals surface area contributed by atoms with Gasteiger partial charge in [0, 0.05) is 4.47 Å². The summed E-state index contributed by atoms with van der Waals surface area (Å²) in [5.41, 5.74) is 6.13. The van der Waals surface area contributed by atoms with E-state index in [1.54, 1.807) is 12.1 Å². The van der Waals surface area contributed by atoms with Crippen molar-refractivity contribution in [2.75, 3.05) is 6.54 Å². The van der Waals surface area contributed by atoms with Crippen molar-refractivity contribution in [3.63, 3.8) is 0 Å². The maximum Gasteiger partial charge on any atom is 0.138 e. The molecule has 0 bridgehead atoms. The van der Waals surface area contributed by atoms with Crippen LogP contribution in [-0.2, 0) is 6.42 Å². The average Bonchev–Trinajstić information content (AvgIpc) is 2.07. The Morgan fingerprint density at radius 3 is 2.75 bits per heavy atom. The molecule has 2 nitrogen and oxygen atoms in total. The minimum Gasteiger partial charge on any atom is -0.506 e. The zero-order valence-electron chi connectivity index (χ0n) is 6.35. The molecule has 1 aromatic rings. The lowest BCUT2D eigenvalue weighted by atomic mass is 10.1. The summed E-state index contributed by atoms with van der Waals surface area (Å²) in [7, 11) is 0. The van der Waals surface area contributed by atoms with Crippen LogP contribution in [0.25, 0.3) is 0 Å². The summed E-state index contributed by atoms with van der Waals surface area (Å²) in [6.45, 7) is 0.505. The Morgan fingerprint density at radius 1 is 1.50 bits per heavy atom. The SMILES string of the molecule is NCCc1ccc(Br)c(Cl)c1O. The molecule has 0 amide bonds. The van der Waals surface area contributed by atoms with E-state index in [0.717, 1.165) is 5.56 Å². The van der Waals surface area contributed by atoms with Crippen molar-refractivity contribution in [2.24, 2.45) is 5.73 Å². The van der Waals surface area contributed by atoms with E-state index in [2.05, 4.69) is 15.9 Å². The zero-order valence-corrected chi connectivity index (χ0v) is 8.69. The van der Waals surface area contributed by atoms with E-state index in [1.165, 1.54) is 0 Å². The van der Waals surface area contributed by atoms with Crippen LogP contribution in [0.3, 0.4) is 0 Å². The van der Waals surface area contributed by atoms with Crippen LogP contribution in [0.15, 0.2) is 16.6 Å². The van der Waals surface area contributed by atoms with Crippen LogP contribution in [0.5, 0.6) is 5.75 Å². The molecule has 0 heterocycles. The highest BCUT2D eigenvalue weighted by molar-refractivity contribution is 9.10. The number of rotatable bonds is 2. The summed E-state index contributed by atoms with van der Waals surface area (Å²) in [4.78, 5) is 0. The van der Waals surface area contributed by atoms with Crippen molar-refractivity contribution in [1.82, 2.24) is 0 Å². The Labute approximate surface area is 84.5 Å². The lowest BCUT2D eigenvalue weighted by Gasteiger charge is -2.05. The summed E-state index contributed by atoms with van der Waals surface area (Å²) in [6, 6.07) is 3.60. The third-order valence-corrected chi connectivity index (χ3v) is 2.84. The summed E-state index contributed by atoms with van der Waals surface area (Å²) >= 11 is 8.99. The maximum absolute atomic E-state index is 9.49. The van der Waals surface area contributed by atoms with Crippen molar-refractivity contribution >= 4 is 27.5 Å². The molecule has 0 fully saturated rings. The molecule has 0 aliphatic rings. The molecule has 12 heavy (non-hydrogen) atoms. The highest BCUT2D eigenvalue weighted by Crippen LogP contribution is 2.34. The van der Waals surface area contributed by atoms with Gasteiger partial charge in [0.2, 0.25) is 0 Å². The van der Waals surface area contributed by atoms with Gasteiger partial charge in [0.15, 0.2) is 0 Å². The Kier molecular flexibility index (Phi) is 3.38. The molecule has 0 saturated carbocycles. The Morgan fingerprint density at radius 2 is 2.17 bits per heavy atom. The van der Waals surface area contributed by atoms with E-state index < -0.39 is 0 Å². The van der Waals surface area contributed by atoms with Gasteiger partial charge < -0.3 is 10.8 Å². The normalized spacial score (nSPS) is 10.2. The molecule has 4 heteroatoms. The van der Waals surface area contributed by atoms with E-state index in [0.29, 0.717) is 22.5 Å². The predicted octanol–water partition coefficient (Wildman–Crippen LogP) is 2.31. The largest absolute Gasteiger partial charge is 0.506 e. The molecule has 1 rings (SSSR count). The first-order valence-electron chi connectivity index (χ1n) is 3.52. The third kappa shape index (κ3) is 1.91. The predicted molar refractivity (Wildman–Crippen MR) is 53.6 cm³/mol. The summed E-state index contributed by atoms with van der Waals surface area (Å²) < 4.78 is 0.697. The lowest BCUT2D eigenvalue weighted by molar-refractivity contribution is 0.468. The lowest BCUT2D eigenvalue weighted by Crippen LogP contribution is -2.02. The second-order valence-electron chi connectivity index (χ2n) is 2.41. The molecule has 1 aromatic carbocycles. The number of aromatic hydroxyl groups is 1. The van der Waals surface area contributed by atoms with Crippen LogP contribution < -0.4 is 5.73 Å². The van der Waals surface area contributed by atoms with Gasteiger partial charge in [-0.15, -0.1) is 0 Å². The number of benzene rings is 1. The molecule has 0 spiro atoms. The van der Waals surface area contributed by atoms with E-state index in [4.69, 9.17) is 17.3 Å². The molecule has 3 N–H and O–H groups in total. The van der Waals surface area contributed by atoms with E-state index in [1.807, 2.05) is 0 Å². The van der Waals surface area contributed by atoms with E-state index in [9.17, 15) is 5.11 Å². The van der Waals surface area contributed by atoms with Gasteiger partial charge in [0.25, 0.3) is 0 Å². The van der Waals surface area contributed by atoms with Crippen LogP contribution in [0.2, 0.25) is 5.02 Å². The zero-order chi connectivity index (χ0) is 9.14. The molecule has 0 aliphatic heterocycles. The number of phenolic OH excluding ortho intramolecular Hbond substituents is 1. The minimum atomic E-state index is 0.122. The number of hydrogen-bond donors (Lipinski definition) is 2. The van der Waals surface area contributed by atoms with Gasteiger partial charge in [-0.2, -0.15) is 0 Å². The van der Waals surface area contributed by atoms with Crippen molar-refractivity contribution in [2.45, 2.75) is 6.42 Å². The molecule has 0 aliphatic carbocycles. The van der Waals surface area contributed by atoms with Crippen molar-refractivity contribution < 1.29 is 5.11 Å². The molecule has 0 atom stereocenters. The first-order chi connectivity index (χ1) is 5.66. The maximum atomic E-state index is 9.49. The van der Waals surface area contributed by atoms with Gasteiger partial charge in [-0.05, 0) is 40.5 Å². The van der Waals surface area contributed by atoms with Gasteiger partial charge in [0.05, 0.1) is 5.02 Å². The summed E-state index contributed by atoms with van der Waals surface area (Å²) in [5, 5.41) is 9.84. The number of halogens is 2. The van der Waals surface area contributed by atoms with Crippen molar-refractivity contribution in [1.29, 1.82) is 0 Å². The van der Waals surface area contributed by atoms with Crippen LogP contribution in [-0.4, -0.2) is 11.7 Å². The van der Waals surface area contributed by atoms with Gasteiger partial charge in [0.1, 0.15) is 5.75 Å². The third-order valence-electron chi connectivity index (χ3n) is 1.57. The van der Waals surface area contributed by atoms with Gasteiger partial charge in [-0.25, -0.2) is 0 Å². The topological polar surface area (TPSA) is 46.2 Å². The van der Waals surface area contributed by atoms with Gasteiger partial charge >= 0.3 is 0 Å². The highest BCUT2D eigenvalue weighted by Gasteiger charge is 2.07. The molecular formula is C8H9BrClNO. The Bertz CT molecular complexity index is 291. The first kappa shape index (κ1) is 9.84. The van der Waals surface area contributed by atoms with E-state index >= 15 is 0 Å². The van der Waals surface area contributed by atoms with E-state index in [-0.39, 0.29) is 5.75 Å². The second kappa shape index (κ2) is 4.12. The Hall–Kier alpha value is -0.250. The Balaban J connectivity index is 3.08. The van der Waals surface area contributed by atoms with Crippen molar-refractivity contribution in [3.05, 3.63) is 27.2 Å². The molecule has 0 saturated heterocycles. The first-order valence-corrected chi connectivity index (χ1v) is 4.70. The molecular weight excluding hydrogens is 241 g/mol. The fourth-order valence-electron chi connectivity index (χ4n) is 0.937. The van der Waals surface area contributed by atoms with Crippen LogP contribution in [0.1, 0.15) is 5.56 Å². The average molecular weight is 251 g/mol. The number of phenols is 1. The number of hydrogen-bond acceptors (Lipinski definition) is 2. The van der Waals surface area contributed by atoms with Crippen molar-refractivity contribution in [3.8, 4) is 5.75 Å². The molecule has 0 unspecified atom stereocenters. The van der Waals surface area contributed by atoms with Gasteiger partial charge in [-0.3, -0.25) is 0 Å². The molecule has 0 radical (unpaired) electrons.